The summed E-state index contributed by atoms with van der Waals surface area (Å²) in [5, 5.41) is 8.66. The van der Waals surface area contributed by atoms with Crippen LogP contribution in [0.1, 0.15) is 142 Å². The molecule has 5 nitrogen and oxygen atoms in total. The topological polar surface area (TPSA) is 77.8 Å². The lowest BCUT2D eigenvalue weighted by atomic mass is 10.0. The second-order valence-corrected chi connectivity index (χ2v) is 13.7. The first-order valence-electron chi connectivity index (χ1n) is 14.8. The first-order chi connectivity index (χ1) is 16.5. The second-order valence-electron chi connectivity index (χ2n) is 11.8. The number of aliphatic hydroxyl groups is 1. The van der Waals surface area contributed by atoms with Crippen molar-refractivity contribution >= 4 is 7.60 Å². The first kappa shape index (κ1) is 34.8. The fraction of sp³-hybridized carbons (Fsp3) is 0.931. The zero-order valence-corrected chi connectivity index (χ0v) is 24.7. The molecule has 0 aromatic heterocycles. The summed E-state index contributed by atoms with van der Waals surface area (Å²) in [7, 11) is 0.983. The molecule has 35 heavy (non-hydrogen) atoms. The predicted molar refractivity (Wildman–Crippen MR) is 152 cm³/mol. The average Bonchev–Trinajstić information content (AvgIpc) is 2.75. The Hall–Kier alpha value is -0.190. The molecule has 0 bridgehead atoms. The maximum Gasteiger partial charge on any atom is 0.362 e. The zero-order valence-electron chi connectivity index (χ0n) is 23.9. The minimum atomic E-state index is -4.55. The highest BCUT2D eigenvalue weighted by atomic mass is 31.2. The molecular formula is C29H61NO4P+. The fourth-order valence-corrected chi connectivity index (χ4v) is 5.85. The van der Waals surface area contributed by atoms with E-state index in [0.29, 0.717) is 10.9 Å². The summed E-state index contributed by atoms with van der Waals surface area (Å²) < 4.78 is 12.1. The molecule has 0 aliphatic rings. The van der Waals surface area contributed by atoms with E-state index < -0.39 is 12.9 Å². The van der Waals surface area contributed by atoms with Crippen LogP contribution in [0.25, 0.3) is 0 Å². The van der Waals surface area contributed by atoms with Crippen molar-refractivity contribution in [2.45, 2.75) is 147 Å². The lowest BCUT2D eigenvalue weighted by Gasteiger charge is -2.35. The van der Waals surface area contributed by atoms with Crippen molar-refractivity contribution in [2.75, 3.05) is 27.7 Å². The fourth-order valence-electron chi connectivity index (χ4n) is 4.79. The molecule has 0 radical (unpaired) electrons. The maximum absolute atomic E-state index is 11.8. The Bertz CT molecular complexity index is 555. The van der Waals surface area contributed by atoms with Crippen molar-refractivity contribution in [2.24, 2.45) is 0 Å². The van der Waals surface area contributed by atoms with Crippen LogP contribution < -0.4 is 0 Å². The van der Waals surface area contributed by atoms with Crippen molar-refractivity contribution in [3.8, 4) is 0 Å². The van der Waals surface area contributed by atoms with Gasteiger partial charge in [0.15, 0.2) is 0 Å². The van der Waals surface area contributed by atoms with Crippen LogP contribution in [0.4, 0.5) is 0 Å². The summed E-state index contributed by atoms with van der Waals surface area (Å²) in [6.07, 6.45) is 30.2. The molecule has 6 heteroatoms. The third-order valence-corrected chi connectivity index (χ3v) is 8.31. The molecular weight excluding hydrogens is 457 g/mol. The molecule has 0 aliphatic heterocycles. The smallest absolute Gasteiger partial charge is 0.362 e. The molecule has 0 saturated carbocycles. The van der Waals surface area contributed by atoms with Gasteiger partial charge >= 0.3 is 7.60 Å². The molecule has 3 N–H and O–H groups in total. The second kappa shape index (κ2) is 20.8. The van der Waals surface area contributed by atoms with Gasteiger partial charge in [0.25, 0.3) is 0 Å². The molecule has 0 aromatic carbocycles. The van der Waals surface area contributed by atoms with Crippen molar-refractivity contribution in [3.63, 3.8) is 0 Å². The van der Waals surface area contributed by atoms with Crippen molar-refractivity contribution in [1.82, 2.24) is 0 Å². The highest BCUT2D eigenvalue weighted by molar-refractivity contribution is 7.53. The van der Waals surface area contributed by atoms with Crippen LogP contribution in [-0.4, -0.2) is 52.4 Å². The number of hydrogen-bond donors (Lipinski definition) is 3. The van der Waals surface area contributed by atoms with E-state index in [1.165, 1.54) is 109 Å². The Morgan fingerprint density at radius 3 is 1.31 bits per heavy atom. The molecule has 1 atom stereocenters. The summed E-state index contributed by atoms with van der Waals surface area (Å²) in [6.45, 7) is 2.34. The van der Waals surface area contributed by atoms with Crippen LogP contribution in [-0.2, 0) is 4.57 Å². The molecule has 0 fully saturated rings. The van der Waals surface area contributed by atoms with Gasteiger partial charge < -0.3 is 19.4 Å². The number of rotatable bonds is 25. The molecule has 0 aliphatic carbocycles. The minimum Gasteiger partial charge on any atom is -0.373 e. The number of quaternary nitrogens is 1. The normalized spacial score (nSPS) is 14.6. The van der Waals surface area contributed by atoms with Gasteiger partial charge in [0.1, 0.15) is 6.54 Å². The van der Waals surface area contributed by atoms with Crippen LogP contribution in [0.5, 0.6) is 0 Å². The summed E-state index contributed by atoms with van der Waals surface area (Å²) in [4.78, 5) is 19.2. The van der Waals surface area contributed by atoms with E-state index in [-0.39, 0.29) is 13.0 Å². The van der Waals surface area contributed by atoms with E-state index in [1.807, 2.05) is 21.1 Å². The summed E-state index contributed by atoms with van der Waals surface area (Å²) in [5.74, 6) is 0. The third kappa shape index (κ3) is 21.6. The van der Waals surface area contributed by atoms with Crippen LogP contribution in [0.2, 0.25) is 0 Å². The predicted octanol–water partition coefficient (Wildman–Crippen LogP) is 8.33. The Balaban J connectivity index is 3.52. The zero-order chi connectivity index (χ0) is 26.5. The Morgan fingerprint density at radius 1 is 0.629 bits per heavy atom. The van der Waals surface area contributed by atoms with Gasteiger partial charge in [-0.1, -0.05) is 115 Å². The molecule has 0 aromatic rings. The van der Waals surface area contributed by atoms with E-state index in [9.17, 15) is 19.5 Å². The molecule has 0 amide bonds. The van der Waals surface area contributed by atoms with Gasteiger partial charge in [0, 0.05) is 0 Å². The van der Waals surface area contributed by atoms with Crippen LogP contribution in [0.3, 0.4) is 0 Å². The monoisotopic (exact) mass is 518 g/mol. The van der Waals surface area contributed by atoms with E-state index in [2.05, 4.69) is 19.1 Å². The number of unbranched alkanes of at least 4 members (excludes halogenated alkanes) is 18. The van der Waals surface area contributed by atoms with Crippen molar-refractivity contribution < 1.29 is 23.9 Å². The number of allylic oxidation sites excluding steroid dienone is 2. The number of hydrogen-bond acceptors (Lipinski definition) is 2. The molecule has 210 valence electrons. The average molecular weight is 519 g/mol. The molecule has 1 unspecified atom stereocenters. The standard InChI is InChI=1S/C29H60NO4P/c1-5-6-7-8-9-10-11-12-13-14-15-16-17-18-19-20-21-22-23-24-25-26-27-29(31,35(32,33)34)28-30(2,3)4/h15-16,31H,5-14,17-28H2,1-4H3,(H-,32,33,34)/p+1/b16-15-. The van der Waals surface area contributed by atoms with Gasteiger partial charge in [-0.25, -0.2) is 0 Å². The lowest BCUT2D eigenvalue weighted by molar-refractivity contribution is -0.875. The summed E-state index contributed by atoms with van der Waals surface area (Å²) >= 11 is 0. The lowest BCUT2D eigenvalue weighted by Crippen LogP contribution is -2.49. The van der Waals surface area contributed by atoms with Crippen molar-refractivity contribution in [1.29, 1.82) is 0 Å². The Labute approximate surface area is 218 Å². The minimum absolute atomic E-state index is 0.0612. The first-order valence-corrected chi connectivity index (χ1v) is 16.4. The molecule has 0 heterocycles. The van der Waals surface area contributed by atoms with Crippen LogP contribution in [0.15, 0.2) is 12.2 Å². The molecule has 0 spiro atoms. The van der Waals surface area contributed by atoms with E-state index >= 15 is 0 Å². The summed E-state index contributed by atoms with van der Waals surface area (Å²) in [5.41, 5.74) is 0. The molecule has 0 saturated heterocycles. The third-order valence-electron chi connectivity index (χ3n) is 6.86. The summed E-state index contributed by atoms with van der Waals surface area (Å²) in [6, 6.07) is 0. The van der Waals surface area contributed by atoms with E-state index in [0.717, 1.165) is 12.8 Å². The largest absolute Gasteiger partial charge is 0.373 e. The van der Waals surface area contributed by atoms with Gasteiger partial charge in [0.05, 0.1) is 21.1 Å². The van der Waals surface area contributed by atoms with E-state index in [1.54, 1.807) is 0 Å². The Morgan fingerprint density at radius 2 is 0.971 bits per heavy atom. The maximum atomic E-state index is 11.8. The van der Waals surface area contributed by atoms with E-state index in [4.69, 9.17) is 0 Å². The highest BCUT2D eigenvalue weighted by Gasteiger charge is 2.48. The van der Waals surface area contributed by atoms with Crippen LogP contribution in [0, 0.1) is 0 Å². The van der Waals surface area contributed by atoms with Gasteiger partial charge in [-0.05, 0) is 38.5 Å². The highest BCUT2D eigenvalue weighted by Crippen LogP contribution is 2.52. The van der Waals surface area contributed by atoms with Crippen LogP contribution >= 0.6 is 7.60 Å². The van der Waals surface area contributed by atoms with Gasteiger partial charge in [-0.2, -0.15) is 0 Å². The van der Waals surface area contributed by atoms with Crippen molar-refractivity contribution in [3.05, 3.63) is 12.2 Å². The SMILES string of the molecule is CCCCCCCCCCC/C=C\CCCCCCCCCCCC(O)(C[N+](C)(C)C)P(=O)(O)O. The molecule has 0 rings (SSSR count). The van der Waals surface area contributed by atoms with Gasteiger partial charge in [0.2, 0.25) is 5.34 Å². The number of nitrogens with zero attached hydrogens (tertiary/aromatic N) is 1. The Kier molecular flexibility index (Phi) is 20.7. The quantitative estimate of drug-likeness (QED) is 0.0491. The van der Waals surface area contributed by atoms with Gasteiger partial charge in [-0.15, -0.1) is 0 Å². The number of likely N-dealkylation sites (N-methyl/N-ethyl adjacent to an activating group) is 1. The van der Waals surface area contributed by atoms with Gasteiger partial charge in [-0.3, -0.25) is 4.57 Å².